The summed E-state index contributed by atoms with van der Waals surface area (Å²) in [7, 11) is 0. The van der Waals surface area contributed by atoms with E-state index in [1.54, 1.807) is 6.20 Å². The SMILES string of the molecule is NCC=Cc1c[nH]c2nc(Cl)nc(Cl)c12. The Kier molecular flexibility index (Phi) is 2.90. The van der Waals surface area contributed by atoms with Crippen LogP contribution in [0.4, 0.5) is 0 Å². The van der Waals surface area contributed by atoms with Gasteiger partial charge in [0.1, 0.15) is 10.8 Å². The second kappa shape index (κ2) is 4.18. The van der Waals surface area contributed by atoms with Crippen molar-refractivity contribution in [2.45, 2.75) is 0 Å². The van der Waals surface area contributed by atoms with Crippen molar-refractivity contribution in [3.63, 3.8) is 0 Å². The van der Waals surface area contributed by atoms with Crippen LogP contribution in [-0.2, 0) is 0 Å². The van der Waals surface area contributed by atoms with Crippen LogP contribution in [-0.4, -0.2) is 21.5 Å². The van der Waals surface area contributed by atoms with E-state index in [1.165, 1.54) is 0 Å². The Balaban J connectivity index is 2.63. The minimum Gasteiger partial charge on any atom is -0.345 e. The van der Waals surface area contributed by atoms with E-state index >= 15 is 0 Å². The van der Waals surface area contributed by atoms with E-state index in [1.807, 2.05) is 12.2 Å². The van der Waals surface area contributed by atoms with E-state index < -0.39 is 0 Å². The summed E-state index contributed by atoms with van der Waals surface area (Å²) in [6.45, 7) is 0.471. The van der Waals surface area contributed by atoms with Gasteiger partial charge in [0, 0.05) is 18.3 Å². The molecule has 2 aromatic heterocycles. The molecule has 0 aliphatic heterocycles. The van der Waals surface area contributed by atoms with E-state index in [9.17, 15) is 0 Å². The van der Waals surface area contributed by atoms with Crippen LogP contribution in [0.1, 0.15) is 5.56 Å². The van der Waals surface area contributed by atoms with E-state index in [2.05, 4.69) is 15.0 Å². The molecule has 0 saturated carbocycles. The van der Waals surface area contributed by atoms with Crippen molar-refractivity contribution < 1.29 is 0 Å². The average Bonchev–Trinajstić information content (AvgIpc) is 2.58. The summed E-state index contributed by atoms with van der Waals surface area (Å²) < 4.78 is 0. The van der Waals surface area contributed by atoms with Crippen molar-refractivity contribution in [2.75, 3.05) is 6.54 Å². The minimum atomic E-state index is 0.128. The number of hydrogen-bond acceptors (Lipinski definition) is 3. The zero-order valence-electron chi connectivity index (χ0n) is 7.67. The number of nitrogens with two attached hydrogens (primary N) is 1. The highest BCUT2D eigenvalue weighted by atomic mass is 35.5. The van der Waals surface area contributed by atoms with Gasteiger partial charge in [-0.3, -0.25) is 0 Å². The Morgan fingerprint density at radius 2 is 2.20 bits per heavy atom. The number of halogens is 2. The monoisotopic (exact) mass is 242 g/mol. The largest absolute Gasteiger partial charge is 0.345 e. The Labute approximate surface area is 96.1 Å². The number of nitrogens with one attached hydrogen (secondary N) is 1. The smallest absolute Gasteiger partial charge is 0.225 e. The molecular weight excluding hydrogens is 235 g/mol. The lowest BCUT2D eigenvalue weighted by Crippen LogP contribution is -1.91. The van der Waals surface area contributed by atoms with Gasteiger partial charge in [-0.25, -0.2) is 4.98 Å². The molecule has 6 heteroatoms. The Morgan fingerprint density at radius 3 is 2.93 bits per heavy atom. The van der Waals surface area contributed by atoms with Crippen molar-refractivity contribution in [3.8, 4) is 0 Å². The fraction of sp³-hybridized carbons (Fsp3) is 0.111. The van der Waals surface area contributed by atoms with Gasteiger partial charge in [0.05, 0.1) is 5.39 Å². The maximum atomic E-state index is 5.97. The van der Waals surface area contributed by atoms with E-state index in [-0.39, 0.29) is 5.28 Å². The summed E-state index contributed by atoms with van der Waals surface area (Å²) in [6, 6.07) is 0. The number of aromatic nitrogens is 3. The number of hydrogen-bond donors (Lipinski definition) is 2. The summed E-state index contributed by atoms with van der Waals surface area (Å²) >= 11 is 11.6. The van der Waals surface area contributed by atoms with Gasteiger partial charge in [0.25, 0.3) is 0 Å². The predicted molar refractivity (Wildman–Crippen MR) is 62.0 cm³/mol. The van der Waals surface area contributed by atoms with Crippen LogP contribution < -0.4 is 5.73 Å². The summed E-state index contributed by atoms with van der Waals surface area (Å²) in [6.07, 6.45) is 5.48. The maximum Gasteiger partial charge on any atom is 0.225 e. The topological polar surface area (TPSA) is 67.6 Å². The fourth-order valence-electron chi connectivity index (χ4n) is 1.31. The molecule has 0 spiro atoms. The van der Waals surface area contributed by atoms with Crippen molar-refractivity contribution in [1.29, 1.82) is 0 Å². The molecule has 3 N–H and O–H groups in total. The van der Waals surface area contributed by atoms with Crippen molar-refractivity contribution >= 4 is 40.3 Å². The molecule has 0 fully saturated rings. The number of fused-ring (bicyclic) bond motifs is 1. The standard InChI is InChI=1S/C9H8Cl2N4/c10-7-6-5(2-1-3-12)4-13-8(6)15-9(11)14-7/h1-2,4H,3,12H2,(H,13,14,15). The van der Waals surface area contributed by atoms with Crippen LogP contribution in [0.15, 0.2) is 12.3 Å². The first-order valence-electron chi connectivity index (χ1n) is 4.29. The molecule has 0 saturated heterocycles. The molecule has 15 heavy (non-hydrogen) atoms. The highest BCUT2D eigenvalue weighted by Gasteiger charge is 2.09. The van der Waals surface area contributed by atoms with Gasteiger partial charge in [0.15, 0.2) is 0 Å². The molecule has 2 rings (SSSR count). The molecule has 0 atom stereocenters. The molecule has 4 nitrogen and oxygen atoms in total. The quantitative estimate of drug-likeness (QED) is 0.627. The first-order valence-corrected chi connectivity index (χ1v) is 5.04. The fourth-order valence-corrected chi connectivity index (χ4v) is 1.80. The van der Waals surface area contributed by atoms with Gasteiger partial charge >= 0.3 is 0 Å². The van der Waals surface area contributed by atoms with E-state index in [0.29, 0.717) is 17.3 Å². The molecule has 0 aliphatic carbocycles. The Hall–Kier alpha value is -1.10. The molecule has 0 unspecified atom stereocenters. The second-order valence-corrected chi connectivity index (χ2v) is 3.59. The molecule has 0 aromatic carbocycles. The van der Waals surface area contributed by atoms with Gasteiger partial charge in [-0.2, -0.15) is 4.98 Å². The molecule has 2 heterocycles. The molecular formula is C9H8Cl2N4. The molecule has 0 bridgehead atoms. The van der Waals surface area contributed by atoms with E-state index in [0.717, 1.165) is 10.9 Å². The van der Waals surface area contributed by atoms with Crippen LogP contribution in [0.25, 0.3) is 17.1 Å². The van der Waals surface area contributed by atoms with Gasteiger partial charge < -0.3 is 10.7 Å². The molecule has 78 valence electrons. The number of aromatic amines is 1. The molecule has 0 radical (unpaired) electrons. The third-order valence-corrected chi connectivity index (χ3v) is 2.37. The van der Waals surface area contributed by atoms with Gasteiger partial charge in [0.2, 0.25) is 5.28 Å². The first-order chi connectivity index (χ1) is 7.22. The third kappa shape index (κ3) is 1.97. The summed E-state index contributed by atoms with van der Waals surface area (Å²) in [5.41, 5.74) is 6.89. The number of nitrogens with zero attached hydrogens (tertiary/aromatic N) is 2. The first kappa shape index (κ1) is 10.4. The lowest BCUT2D eigenvalue weighted by molar-refractivity contribution is 1.20. The molecule has 0 amide bonds. The van der Waals surface area contributed by atoms with Crippen LogP contribution in [0.5, 0.6) is 0 Å². The van der Waals surface area contributed by atoms with Gasteiger partial charge in [-0.05, 0) is 11.6 Å². The zero-order chi connectivity index (χ0) is 10.8. The Morgan fingerprint density at radius 1 is 1.40 bits per heavy atom. The van der Waals surface area contributed by atoms with Crippen molar-refractivity contribution in [2.24, 2.45) is 5.73 Å². The van der Waals surface area contributed by atoms with Gasteiger partial charge in [-0.15, -0.1) is 0 Å². The van der Waals surface area contributed by atoms with Crippen LogP contribution in [0.3, 0.4) is 0 Å². The number of H-pyrrole nitrogens is 1. The third-order valence-electron chi connectivity index (χ3n) is 1.92. The summed E-state index contributed by atoms with van der Waals surface area (Å²) in [5, 5.41) is 1.22. The zero-order valence-corrected chi connectivity index (χ0v) is 9.18. The Bertz CT molecular complexity index is 518. The van der Waals surface area contributed by atoms with E-state index in [4.69, 9.17) is 28.9 Å². The number of rotatable bonds is 2. The highest BCUT2D eigenvalue weighted by Crippen LogP contribution is 2.25. The maximum absolute atomic E-state index is 5.97. The lowest BCUT2D eigenvalue weighted by atomic mass is 10.2. The van der Waals surface area contributed by atoms with Crippen molar-refractivity contribution in [3.05, 3.63) is 28.3 Å². The summed E-state index contributed by atoms with van der Waals surface area (Å²) in [4.78, 5) is 10.9. The predicted octanol–water partition coefficient (Wildman–Crippen LogP) is 2.24. The lowest BCUT2D eigenvalue weighted by Gasteiger charge is -1.95. The van der Waals surface area contributed by atoms with Crippen LogP contribution in [0, 0.1) is 0 Å². The normalized spacial score (nSPS) is 11.7. The molecule has 0 aliphatic rings. The molecule has 2 aromatic rings. The average molecular weight is 243 g/mol. The van der Waals surface area contributed by atoms with Crippen molar-refractivity contribution in [1.82, 2.24) is 15.0 Å². The summed E-state index contributed by atoms with van der Waals surface area (Å²) in [5.74, 6) is 0. The van der Waals surface area contributed by atoms with Crippen LogP contribution in [0.2, 0.25) is 10.4 Å². The highest BCUT2D eigenvalue weighted by molar-refractivity contribution is 6.36. The minimum absolute atomic E-state index is 0.128. The second-order valence-electron chi connectivity index (χ2n) is 2.89. The van der Waals surface area contributed by atoms with Gasteiger partial charge in [-0.1, -0.05) is 23.8 Å². The van der Waals surface area contributed by atoms with Crippen LogP contribution >= 0.6 is 23.2 Å².